The maximum atomic E-state index is 12.6. The van der Waals surface area contributed by atoms with E-state index in [0.29, 0.717) is 22.9 Å². The molecule has 0 aliphatic carbocycles. The number of nitriles is 1. The van der Waals surface area contributed by atoms with Gasteiger partial charge < -0.3 is 10.2 Å². The van der Waals surface area contributed by atoms with Gasteiger partial charge in [-0.3, -0.25) is 4.79 Å². The Hall–Kier alpha value is -3.72. The first-order chi connectivity index (χ1) is 13.2. The van der Waals surface area contributed by atoms with E-state index in [-0.39, 0.29) is 11.9 Å². The number of carbonyl (C=O) groups is 1. The number of aromatic nitrogens is 2. The molecule has 0 bridgehead atoms. The van der Waals surface area contributed by atoms with Crippen LogP contribution in [0, 0.1) is 11.3 Å². The Morgan fingerprint density at radius 3 is 2.74 bits per heavy atom. The molecule has 1 atom stereocenters. The minimum absolute atomic E-state index is 0.222. The standard InChI is InChI=1S/C21H17N5O/c1-14-12-16-4-2-3-5-19(16)26(14)21-23-11-10-18(25-21)20(27)24-17-8-6-15(13-22)7-9-17/h2-11,14H,12H2,1H3,(H,24,27). The van der Waals surface area contributed by atoms with Gasteiger partial charge in [-0.25, -0.2) is 9.97 Å². The zero-order valence-electron chi connectivity index (χ0n) is 14.8. The SMILES string of the molecule is CC1Cc2ccccc2N1c1nccc(C(=O)Nc2ccc(C#N)cc2)n1. The van der Waals surface area contributed by atoms with E-state index in [0.717, 1.165) is 12.1 Å². The average molecular weight is 355 g/mol. The van der Waals surface area contributed by atoms with Crippen LogP contribution in [-0.2, 0) is 6.42 Å². The maximum Gasteiger partial charge on any atom is 0.274 e. The molecular formula is C21H17N5O. The van der Waals surface area contributed by atoms with Gasteiger partial charge in [-0.15, -0.1) is 0 Å². The van der Waals surface area contributed by atoms with Gasteiger partial charge >= 0.3 is 0 Å². The summed E-state index contributed by atoms with van der Waals surface area (Å²) in [5.41, 5.74) is 3.77. The average Bonchev–Trinajstić information content (AvgIpc) is 3.04. The van der Waals surface area contributed by atoms with Crippen molar-refractivity contribution in [2.45, 2.75) is 19.4 Å². The van der Waals surface area contributed by atoms with Gasteiger partial charge in [-0.1, -0.05) is 18.2 Å². The Balaban J connectivity index is 1.59. The van der Waals surface area contributed by atoms with Gasteiger partial charge in [0.1, 0.15) is 5.69 Å². The number of anilines is 3. The second kappa shape index (κ2) is 6.89. The quantitative estimate of drug-likeness (QED) is 0.775. The van der Waals surface area contributed by atoms with Crippen molar-refractivity contribution in [2.24, 2.45) is 0 Å². The zero-order chi connectivity index (χ0) is 18.8. The fraction of sp³-hybridized carbons (Fsp3) is 0.143. The number of rotatable bonds is 3. The molecule has 1 N–H and O–H groups in total. The highest BCUT2D eigenvalue weighted by Crippen LogP contribution is 2.36. The van der Waals surface area contributed by atoms with E-state index in [2.05, 4.69) is 39.2 Å². The number of nitrogens with one attached hydrogen (secondary N) is 1. The molecule has 1 amide bonds. The lowest BCUT2D eigenvalue weighted by molar-refractivity contribution is 0.102. The Bertz CT molecular complexity index is 1040. The summed E-state index contributed by atoms with van der Waals surface area (Å²) in [4.78, 5) is 23.5. The first-order valence-corrected chi connectivity index (χ1v) is 8.67. The Labute approximate surface area is 157 Å². The third-order valence-corrected chi connectivity index (χ3v) is 4.57. The van der Waals surface area contributed by atoms with Gasteiger partial charge in [0.2, 0.25) is 5.95 Å². The Morgan fingerprint density at radius 2 is 1.96 bits per heavy atom. The molecule has 132 valence electrons. The molecule has 1 aromatic heterocycles. The lowest BCUT2D eigenvalue weighted by Gasteiger charge is -2.22. The minimum Gasteiger partial charge on any atom is -0.321 e. The van der Waals surface area contributed by atoms with E-state index < -0.39 is 0 Å². The van der Waals surface area contributed by atoms with Gasteiger partial charge in [0.25, 0.3) is 5.91 Å². The van der Waals surface area contributed by atoms with Crippen molar-refractivity contribution in [1.82, 2.24) is 9.97 Å². The van der Waals surface area contributed by atoms with Crippen LogP contribution in [0.15, 0.2) is 60.8 Å². The molecule has 0 saturated heterocycles. The van der Waals surface area contributed by atoms with Crippen LogP contribution in [0.25, 0.3) is 0 Å². The number of hydrogen-bond acceptors (Lipinski definition) is 5. The molecule has 1 aliphatic heterocycles. The largest absolute Gasteiger partial charge is 0.321 e. The first-order valence-electron chi connectivity index (χ1n) is 8.67. The Kier molecular flexibility index (Phi) is 4.27. The summed E-state index contributed by atoms with van der Waals surface area (Å²) in [6.07, 6.45) is 2.52. The topological polar surface area (TPSA) is 81.9 Å². The second-order valence-electron chi connectivity index (χ2n) is 6.44. The lowest BCUT2D eigenvalue weighted by Crippen LogP contribution is -2.26. The van der Waals surface area contributed by atoms with Crippen molar-refractivity contribution in [2.75, 3.05) is 10.2 Å². The van der Waals surface area contributed by atoms with Crippen molar-refractivity contribution in [1.29, 1.82) is 5.26 Å². The highest BCUT2D eigenvalue weighted by atomic mass is 16.1. The molecular weight excluding hydrogens is 338 g/mol. The summed E-state index contributed by atoms with van der Waals surface area (Å²) in [5, 5.41) is 11.7. The van der Waals surface area contributed by atoms with Crippen LogP contribution < -0.4 is 10.2 Å². The van der Waals surface area contributed by atoms with Crippen LogP contribution in [0.3, 0.4) is 0 Å². The van der Waals surface area contributed by atoms with Crippen molar-refractivity contribution >= 4 is 23.2 Å². The van der Waals surface area contributed by atoms with E-state index in [4.69, 9.17) is 5.26 Å². The number of fused-ring (bicyclic) bond motifs is 1. The molecule has 6 nitrogen and oxygen atoms in total. The molecule has 2 heterocycles. The molecule has 27 heavy (non-hydrogen) atoms. The number of benzene rings is 2. The molecule has 1 aliphatic rings. The number of amides is 1. The first kappa shape index (κ1) is 16.7. The molecule has 2 aromatic carbocycles. The van der Waals surface area contributed by atoms with Crippen LogP contribution in [0.1, 0.15) is 28.5 Å². The van der Waals surface area contributed by atoms with Gasteiger partial charge in [-0.2, -0.15) is 5.26 Å². The number of hydrogen-bond donors (Lipinski definition) is 1. The minimum atomic E-state index is -0.316. The van der Waals surface area contributed by atoms with Crippen LogP contribution in [-0.4, -0.2) is 21.9 Å². The number of nitrogens with zero attached hydrogens (tertiary/aromatic N) is 4. The molecule has 0 spiro atoms. The van der Waals surface area contributed by atoms with Gasteiger partial charge in [0.05, 0.1) is 11.6 Å². The highest BCUT2D eigenvalue weighted by molar-refractivity contribution is 6.03. The van der Waals surface area contributed by atoms with Crippen molar-refractivity contribution in [3.8, 4) is 6.07 Å². The predicted octanol–water partition coefficient (Wildman–Crippen LogP) is 3.68. The number of carbonyl (C=O) groups excluding carboxylic acids is 1. The van der Waals surface area contributed by atoms with Gasteiger partial charge in [-0.05, 0) is 55.3 Å². The molecule has 3 aromatic rings. The third-order valence-electron chi connectivity index (χ3n) is 4.57. The number of para-hydroxylation sites is 1. The molecule has 4 rings (SSSR count). The van der Waals surface area contributed by atoms with E-state index in [9.17, 15) is 4.79 Å². The van der Waals surface area contributed by atoms with Crippen molar-refractivity contribution in [3.05, 3.63) is 77.6 Å². The van der Waals surface area contributed by atoms with Crippen molar-refractivity contribution < 1.29 is 4.79 Å². The summed E-state index contributed by atoms with van der Waals surface area (Å²) >= 11 is 0. The molecule has 1 unspecified atom stereocenters. The van der Waals surface area contributed by atoms with E-state index in [1.165, 1.54) is 5.56 Å². The molecule has 0 fully saturated rings. The second-order valence-corrected chi connectivity index (χ2v) is 6.44. The highest BCUT2D eigenvalue weighted by Gasteiger charge is 2.29. The smallest absolute Gasteiger partial charge is 0.274 e. The molecule has 0 saturated carbocycles. The van der Waals surface area contributed by atoms with E-state index in [1.807, 2.05) is 18.2 Å². The van der Waals surface area contributed by atoms with Crippen molar-refractivity contribution in [3.63, 3.8) is 0 Å². The summed E-state index contributed by atoms with van der Waals surface area (Å²) in [6.45, 7) is 2.12. The van der Waals surface area contributed by atoms with Crippen LogP contribution >= 0.6 is 0 Å². The summed E-state index contributed by atoms with van der Waals surface area (Å²) < 4.78 is 0. The molecule has 0 radical (unpaired) electrons. The monoisotopic (exact) mass is 355 g/mol. The van der Waals surface area contributed by atoms with Gasteiger partial charge in [0, 0.05) is 23.6 Å². The Morgan fingerprint density at radius 1 is 1.19 bits per heavy atom. The van der Waals surface area contributed by atoms with E-state index in [1.54, 1.807) is 36.5 Å². The predicted molar refractivity (Wildman–Crippen MR) is 103 cm³/mol. The van der Waals surface area contributed by atoms with E-state index >= 15 is 0 Å². The fourth-order valence-electron chi connectivity index (χ4n) is 3.28. The van der Waals surface area contributed by atoms with Crippen LogP contribution in [0.5, 0.6) is 0 Å². The lowest BCUT2D eigenvalue weighted by atomic mass is 10.1. The molecule has 6 heteroatoms. The van der Waals surface area contributed by atoms with Crippen LogP contribution in [0.4, 0.5) is 17.3 Å². The summed E-state index contributed by atoms with van der Waals surface area (Å²) in [5.74, 6) is 0.198. The van der Waals surface area contributed by atoms with Gasteiger partial charge in [0.15, 0.2) is 0 Å². The summed E-state index contributed by atoms with van der Waals surface area (Å²) in [7, 11) is 0. The normalized spacial score (nSPS) is 15.1. The third kappa shape index (κ3) is 3.23. The van der Waals surface area contributed by atoms with Crippen LogP contribution in [0.2, 0.25) is 0 Å². The maximum absolute atomic E-state index is 12.6. The fourth-order valence-corrected chi connectivity index (χ4v) is 3.28. The zero-order valence-corrected chi connectivity index (χ0v) is 14.8. The summed E-state index contributed by atoms with van der Waals surface area (Å²) in [6, 6.07) is 18.7.